The molecule has 2 N–H and O–H groups in total. The highest BCUT2D eigenvalue weighted by atomic mass is 19.4. The summed E-state index contributed by atoms with van der Waals surface area (Å²) < 4.78 is 55.5. The van der Waals surface area contributed by atoms with Gasteiger partial charge in [-0.25, -0.2) is 9.07 Å². The van der Waals surface area contributed by atoms with Gasteiger partial charge in [-0.1, -0.05) is 31.2 Å². The van der Waals surface area contributed by atoms with Gasteiger partial charge in [-0.15, -0.1) is 0 Å². The molecule has 3 rings (SSSR count). The van der Waals surface area contributed by atoms with Gasteiger partial charge in [0.25, 0.3) is 5.91 Å². The Labute approximate surface area is 181 Å². The Kier molecular flexibility index (Phi) is 6.92. The molecule has 0 aliphatic heterocycles. The molecule has 10 heteroatoms. The molecule has 0 saturated heterocycles. The van der Waals surface area contributed by atoms with Gasteiger partial charge in [-0.05, 0) is 36.2 Å². The summed E-state index contributed by atoms with van der Waals surface area (Å²) in [4.78, 5) is 24.1. The van der Waals surface area contributed by atoms with Crippen molar-refractivity contribution in [1.82, 2.24) is 15.1 Å². The molecule has 168 valence electrons. The van der Waals surface area contributed by atoms with Gasteiger partial charge in [-0.2, -0.15) is 18.3 Å². The Bertz CT molecular complexity index is 1110. The van der Waals surface area contributed by atoms with Crippen LogP contribution < -0.4 is 10.6 Å². The van der Waals surface area contributed by atoms with Crippen molar-refractivity contribution in [2.45, 2.75) is 32.5 Å². The summed E-state index contributed by atoms with van der Waals surface area (Å²) in [7, 11) is 0. The Morgan fingerprint density at radius 3 is 2.38 bits per heavy atom. The number of alkyl halides is 3. The number of para-hydroxylation sites is 1. The van der Waals surface area contributed by atoms with E-state index in [1.165, 1.54) is 12.1 Å². The normalized spacial score (nSPS) is 11.3. The molecular weight excluding hydrogens is 428 g/mol. The topological polar surface area (TPSA) is 76.0 Å². The molecule has 1 heterocycles. The average molecular weight is 448 g/mol. The summed E-state index contributed by atoms with van der Waals surface area (Å²) >= 11 is 0. The van der Waals surface area contributed by atoms with Gasteiger partial charge >= 0.3 is 6.18 Å². The summed E-state index contributed by atoms with van der Waals surface area (Å²) in [6.45, 7) is 1.83. The lowest BCUT2D eigenvalue weighted by atomic mass is 10.1. The first-order valence-corrected chi connectivity index (χ1v) is 9.77. The Morgan fingerprint density at radius 2 is 1.75 bits per heavy atom. The van der Waals surface area contributed by atoms with E-state index >= 15 is 0 Å². The number of aromatic nitrogens is 2. The van der Waals surface area contributed by atoms with E-state index in [0.717, 1.165) is 18.3 Å². The van der Waals surface area contributed by atoms with Gasteiger partial charge in [0.05, 0.1) is 11.8 Å². The van der Waals surface area contributed by atoms with Crippen LogP contribution in [0.3, 0.4) is 0 Å². The number of nitrogens with one attached hydrogen (secondary N) is 2. The van der Waals surface area contributed by atoms with E-state index in [-0.39, 0.29) is 12.5 Å². The van der Waals surface area contributed by atoms with Gasteiger partial charge in [0.15, 0.2) is 5.69 Å². The lowest BCUT2D eigenvalue weighted by molar-refractivity contribution is -0.143. The number of hydrogen-bond donors (Lipinski definition) is 2. The quantitative estimate of drug-likeness (QED) is 0.515. The van der Waals surface area contributed by atoms with E-state index in [0.29, 0.717) is 28.8 Å². The second-order valence-electron chi connectivity index (χ2n) is 6.95. The van der Waals surface area contributed by atoms with Crippen molar-refractivity contribution in [3.05, 3.63) is 77.4 Å². The first-order valence-electron chi connectivity index (χ1n) is 9.77. The fourth-order valence-electron chi connectivity index (χ4n) is 3.03. The third kappa shape index (κ3) is 5.32. The van der Waals surface area contributed by atoms with E-state index in [1.807, 2.05) is 6.92 Å². The highest BCUT2D eigenvalue weighted by Crippen LogP contribution is 2.34. The molecule has 2 aromatic carbocycles. The number of benzene rings is 2. The van der Waals surface area contributed by atoms with Crippen molar-refractivity contribution in [3.8, 4) is 5.69 Å². The minimum absolute atomic E-state index is 0.0514. The van der Waals surface area contributed by atoms with Crippen LogP contribution in [0.15, 0.2) is 54.7 Å². The van der Waals surface area contributed by atoms with Crippen LogP contribution in [0.1, 0.15) is 41.4 Å². The minimum Gasteiger partial charge on any atom is -0.348 e. The summed E-state index contributed by atoms with van der Waals surface area (Å²) in [6.07, 6.45) is -3.08. The molecular formula is C22H20F4N4O2. The van der Waals surface area contributed by atoms with Crippen LogP contribution in [0.4, 0.5) is 23.2 Å². The Balaban J connectivity index is 1.76. The smallest absolute Gasteiger partial charge is 0.348 e. The molecule has 0 fully saturated rings. The molecule has 1 aromatic heterocycles. The van der Waals surface area contributed by atoms with Crippen LogP contribution in [-0.4, -0.2) is 21.6 Å². The molecule has 0 atom stereocenters. The molecule has 0 aliphatic carbocycles. The standard InChI is InChI=1S/C22H20F4N4O2/c1-2-5-19(31)29-15-10-8-14(9-11-15)12-27-21(32)16-13-28-30(20(16)22(24,25)26)18-7-4-3-6-17(18)23/h3-4,6-11,13H,2,5,12H2,1H3,(H,27,32)(H,29,31). The maximum absolute atomic E-state index is 14.0. The average Bonchev–Trinajstić information content (AvgIpc) is 3.19. The first kappa shape index (κ1) is 23.0. The fraction of sp³-hybridized carbons (Fsp3) is 0.227. The Hall–Kier alpha value is -3.69. The minimum atomic E-state index is -4.94. The molecule has 0 unspecified atom stereocenters. The highest BCUT2D eigenvalue weighted by molar-refractivity contribution is 5.95. The summed E-state index contributed by atoms with van der Waals surface area (Å²) in [6, 6.07) is 11.4. The van der Waals surface area contributed by atoms with Crippen LogP contribution >= 0.6 is 0 Å². The number of anilines is 1. The van der Waals surface area contributed by atoms with Gasteiger partial charge < -0.3 is 10.6 Å². The van der Waals surface area contributed by atoms with E-state index in [9.17, 15) is 27.2 Å². The fourth-order valence-corrected chi connectivity index (χ4v) is 3.03. The van der Waals surface area contributed by atoms with Crippen LogP contribution in [0, 0.1) is 5.82 Å². The summed E-state index contributed by atoms with van der Waals surface area (Å²) in [5.74, 6) is -2.03. The summed E-state index contributed by atoms with van der Waals surface area (Å²) in [5.41, 5.74) is -1.32. The van der Waals surface area contributed by atoms with Crippen LogP contribution in [0.25, 0.3) is 5.69 Å². The number of carbonyl (C=O) groups excluding carboxylic acids is 2. The maximum atomic E-state index is 14.0. The molecule has 0 aliphatic rings. The lowest BCUT2D eigenvalue weighted by Crippen LogP contribution is -2.26. The predicted octanol–water partition coefficient (Wildman–Crippen LogP) is 4.70. The molecule has 0 radical (unpaired) electrons. The zero-order chi connectivity index (χ0) is 23.3. The van der Waals surface area contributed by atoms with E-state index < -0.39 is 34.8 Å². The number of halogens is 4. The zero-order valence-electron chi connectivity index (χ0n) is 17.0. The first-order chi connectivity index (χ1) is 15.2. The second kappa shape index (κ2) is 9.63. The third-order valence-electron chi connectivity index (χ3n) is 4.53. The number of carbonyl (C=O) groups is 2. The van der Waals surface area contributed by atoms with Crippen molar-refractivity contribution in [1.29, 1.82) is 0 Å². The van der Waals surface area contributed by atoms with Crippen molar-refractivity contribution < 1.29 is 27.2 Å². The van der Waals surface area contributed by atoms with Crippen molar-refractivity contribution >= 4 is 17.5 Å². The maximum Gasteiger partial charge on any atom is 0.434 e. The van der Waals surface area contributed by atoms with Crippen LogP contribution in [0.5, 0.6) is 0 Å². The monoisotopic (exact) mass is 448 g/mol. The largest absolute Gasteiger partial charge is 0.434 e. The van der Waals surface area contributed by atoms with E-state index in [4.69, 9.17) is 0 Å². The number of amides is 2. The lowest BCUT2D eigenvalue weighted by Gasteiger charge is -2.13. The van der Waals surface area contributed by atoms with Gasteiger partial charge in [-0.3, -0.25) is 9.59 Å². The van der Waals surface area contributed by atoms with Crippen LogP contribution in [0.2, 0.25) is 0 Å². The molecule has 0 spiro atoms. The van der Waals surface area contributed by atoms with Crippen LogP contribution in [-0.2, 0) is 17.5 Å². The van der Waals surface area contributed by atoms with Gasteiger partial charge in [0, 0.05) is 18.7 Å². The molecule has 32 heavy (non-hydrogen) atoms. The summed E-state index contributed by atoms with van der Waals surface area (Å²) in [5, 5.41) is 8.73. The zero-order valence-corrected chi connectivity index (χ0v) is 17.0. The van der Waals surface area contributed by atoms with E-state index in [1.54, 1.807) is 24.3 Å². The number of rotatable bonds is 7. The van der Waals surface area contributed by atoms with Gasteiger partial charge in [0.1, 0.15) is 11.5 Å². The van der Waals surface area contributed by atoms with E-state index in [2.05, 4.69) is 15.7 Å². The van der Waals surface area contributed by atoms with Crippen molar-refractivity contribution in [2.24, 2.45) is 0 Å². The molecule has 2 amide bonds. The third-order valence-corrected chi connectivity index (χ3v) is 4.53. The predicted molar refractivity (Wildman–Crippen MR) is 110 cm³/mol. The van der Waals surface area contributed by atoms with Crippen molar-refractivity contribution in [2.75, 3.05) is 5.32 Å². The van der Waals surface area contributed by atoms with Gasteiger partial charge in [0.2, 0.25) is 5.91 Å². The second-order valence-corrected chi connectivity index (χ2v) is 6.95. The number of nitrogens with zero attached hydrogens (tertiary/aromatic N) is 2. The SMILES string of the molecule is CCCC(=O)Nc1ccc(CNC(=O)c2cnn(-c3ccccc3F)c2C(F)(F)F)cc1. The Morgan fingerprint density at radius 1 is 1.06 bits per heavy atom. The highest BCUT2D eigenvalue weighted by Gasteiger charge is 2.41. The molecule has 6 nitrogen and oxygen atoms in total. The molecule has 0 bridgehead atoms. The van der Waals surface area contributed by atoms with Crippen molar-refractivity contribution in [3.63, 3.8) is 0 Å². The number of hydrogen-bond acceptors (Lipinski definition) is 3. The molecule has 3 aromatic rings. The molecule has 0 saturated carbocycles.